The van der Waals surface area contributed by atoms with Crippen molar-refractivity contribution in [2.75, 3.05) is 0 Å². The van der Waals surface area contributed by atoms with Crippen LogP contribution in [0.2, 0.25) is 0 Å². The van der Waals surface area contributed by atoms with E-state index < -0.39 is 18.7 Å². The Labute approximate surface area is 246 Å². The van der Waals surface area contributed by atoms with Crippen LogP contribution >= 0.6 is 0 Å². The summed E-state index contributed by atoms with van der Waals surface area (Å²) >= 11 is 0. The van der Waals surface area contributed by atoms with Crippen molar-refractivity contribution in [2.45, 2.75) is 165 Å². The van der Waals surface area contributed by atoms with Crippen molar-refractivity contribution in [1.29, 1.82) is 0 Å². The first-order valence-corrected chi connectivity index (χ1v) is 16.7. The zero-order valence-electron chi connectivity index (χ0n) is 28.0. The molecule has 0 aromatic carbocycles. The molecular weight excluding hydrogens is 504 g/mol. The van der Waals surface area contributed by atoms with Gasteiger partial charge in [0.15, 0.2) is 12.6 Å². The summed E-state index contributed by atoms with van der Waals surface area (Å²) in [5.41, 5.74) is 0. The van der Waals surface area contributed by atoms with Crippen LogP contribution in [0.3, 0.4) is 0 Å². The van der Waals surface area contributed by atoms with Gasteiger partial charge in [-0.25, -0.2) is 0 Å². The monoisotopic (exact) mass is 568 g/mol. The van der Waals surface area contributed by atoms with E-state index in [1.807, 2.05) is 6.92 Å². The first-order chi connectivity index (χ1) is 18.8. The van der Waals surface area contributed by atoms with Gasteiger partial charge in [0.05, 0.1) is 36.6 Å². The second-order valence-electron chi connectivity index (χ2n) is 14.2. The first kappa shape index (κ1) is 34.3. The Morgan fingerprint density at radius 2 is 0.975 bits per heavy atom. The predicted molar refractivity (Wildman–Crippen MR) is 161 cm³/mol. The van der Waals surface area contributed by atoms with Gasteiger partial charge >= 0.3 is 0 Å². The highest BCUT2D eigenvalue weighted by Crippen LogP contribution is 2.44. The molecule has 3 aliphatic heterocycles. The molecule has 3 saturated heterocycles. The van der Waals surface area contributed by atoms with Gasteiger partial charge in [-0.05, 0) is 60.7 Å². The minimum absolute atomic E-state index is 0.0269. The fourth-order valence-corrected chi connectivity index (χ4v) is 7.55. The third-order valence-electron chi connectivity index (χ3n) is 11.8. The van der Waals surface area contributed by atoms with Crippen LogP contribution in [0.1, 0.15) is 109 Å². The summed E-state index contributed by atoms with van der Waals surface area (Å²) in [6, 6.07) is 0. The van der Waals surface area contributed by atoms with Gasteiger partial charge in [-0.15, -0.1) is 0 Å². The molecule has 6 unspecified atom stereocenters. The Morgan fingerprint density at radius 1 is 0.525 bits per heavy atom. The van der Waals surface area contributed by atoms with Crippen LogP contribution in [0.4, 0.5) is 0 Å². The van der Waals surface area contributed by atoms with E-state index in [4.69, 9.17) is 23.7 Å². The maximum absolute atomic E-state index is 10.8. The lowest BCUT2D eigenvalue weighted by atomic mass is 9.76. The number of hydrogen-bond donors (Lipinski definition) is 1. The Balaban J connectivity index is 1.88. The van der Waals surface area contributed by atoms with Gasteiger partial charge in [0, 0.05) is 5.92 Å². The fourth-order valence-electron chi connectivity index (χ4n) is 7.55. The van der Waals surface area contributed by atoms with E-state index in [2.05, 4.69) is 83.1 Å². The van der Waals surface area contributed by atoms with Crippen molar-refractivity contribution in [3.8, 4) is 0 Å². The third-order valence-corrected chi connectivity index (χ3v) is 11.8. The second kappa shape index (κ2) is 14.5. The van der Waals surface area contributed by atoms with Crippen molar-refractivity contribution in [3.05, 3.63) is 0 Å². The van der Waals surface area contributed by atoms with Crippen molar-refractivity contribution in [2.24, 2.45) is 53.3 Å². The van der Waals surface area contributed by atoms with Gasteiger partial charge in [-0.1, -0.05) is 95.9 Å². The molecule has 3 aliphatic rings. The molecule has 3 fully saturated rings. The van der Waals surface area contributed by atoms with E-state index in [0.717, 1.165) is 12.8 Å². The number of ether oxygens (including phenoxy) is 5. The number of aliphatic hydroxyl groups excluding tert-OH is 1. The molecule has 6 nitrogen and oxygen atoms in total. The summed E-state index contributed by atoms with van der Waals surface area (Å²) in [7, 11) is 0. The lowest BCUT2D eigenvalue weighted by Gasteiger charge is -2.52. The van der Waals surface area contributed by atoms with E-state index in [-0.39, 0.29) is 54.4 Å². The molecule has 0 spiro atoms. The molecule has 236 valence electrons. The normalized spacial score (nSPS) is 48.9. The quantitative estimate of drug-likeness (QED) is 0.298. The van der Waals surface area contributed by atoms with E-state index in [9.17, 15) is 5.11 Å². The van der Waals surface area contributed by atoms with Gasteiger partial charge in [0.1, 0.15) is 6.10 Å². The van der Waals surface area contributed by atoms with Crippen molar-refractivity contribution >= 4 is 0 Å². The molecule has 3 heterocycles. The molecule has 1 N–H and O–H groups in total. The highest BCUT2D eigenvalue weighted by molar-refractivity contribution is 4.94. The molecular formula is C34H64O6. The molecule has 0 aliphatic carbocycles. The van der Waals surface area contributed by atoms with Crippen LogP contribution in [-0.2, 0) is 23.7 Å². The average molecular weight is 569 g/mol. The number of hydrogen-bond acceptors (Lipinski definition) is 6. The maximum atomic E-state index is 10.8. The standard InChI is InChI=1S/C34H64O6/c1-14-17(4)28-21(8)23(10)30(26(13)36-28)38-34-32(24(11)22(9)29(37-34)18(5)15-2)40-33-25(12)19(6)20(7)31(39-33)27(35)16-3/h17-35H,14-16H2,1-13H3/t17-,18-,19+,20+,21+,22+,23+,24+,25?,26-,27-,28?,29?,30?,31?,32?,33-,34-/m1/s1. The molecule has 0 radical (unpaired) electrons. The Kier molecular flexibility index (Phi) is 12.4. The van der Waals surface area contributed by atoms with Crippen LogP contribution in [0.15, 0.2) is 0 Å². The lowest BCUT2D eigenvalue weighted by Crippen LogP contribution is -2.60. The van der Waals surface area contributed by atoms with E-state index >= 15 is 0 Å². The summed E-state index contributed by atoms with van der Waals surface area (Å²) in [6.07, 6.45) is 1.13. The zero-order chi connectivity index (χ0) is 30.0. The predicted octanol–water partition coefficient (Wildman–Crippen LogP) is 7.31. The van der Waals surface area contributed by atoms with Crippen molar-refractivity contribution < 1.29 is 28.8 Å². The van der Waals surface area contributed by atoms with Gasteiger partial charge in [0.25, 0.3) is 0 Å². The minimum Gasteiger partial charge on any atom is -0.390 e. The first-order valence-electron chi connectivity index (χ1n) is 16.7. The largest absolute Gasteiger partial charge is 0.390 e. The Morgan fingerprint density at radius 3 is 1.50 bits per heavy atom. The maximum Gasteiger partial charge on any atom is 0.184 e. The number of aliphatic hydroxyl groups is 1. The van der Waals surface area contributed by atoms with E-state index in [1.165, 1.54) is 0 Å². The summed E-state index contributed by atoms with van der Waals surface area (Å²) < 4.78 is 34.0. The topological polar surface area (TPSA) is 66.4 Å². The third kappa shape index (κ3) is 6.94. The van der Waals surface area contributed by atoms with Crippen LogP contribution in [0, 0.1) is 53.3 Å². The molecule has 0 aromatic rings. The Bertz CT molecular complexity index is 763. The van der Waals surface area contributed by atoms with Crippen molar-refractivity contribution in [1.82, 2.24) is 0 Å². The zero-order valence-corrected chi connectivity index (χ0v) is 28.0. The lowest BCUT2D eigenvalue weighted by molar-refractivity contribution is -0.361. The molecule has 18 atom stereocenters. The van der Waals surface area contributed by atoms with Gasteiger partial charge in [-0.3, -0.25) is 0 Å². The van der Waals surface area contributed by atoms with Crippen LogP contribution in [-0.4, -0.2) is 60.4 Å². The van der Waals surface area contributed by atoms with Gasteiger partial charge in [0.2, 0.25) is 0 Å². The average Bonchev–Trinajstić information content (AvgIpc) is 2.94. The molecule has 0 bridgehead atoms. The molecule has 3 rings (SSSR count). The fraction of sp³-hybridized carbons (Fsp3) is 1.00. The van der Waals surface area contributed by atoms with Crippen LogP contribution in [0.25, 0.3) is 0 Å². The molecule has 40 heavy (non-hydrogen) atoms. The van der Waals surface area contributed by atoms with Crippen molar-refractivity contribution in [3.63, 3.8) is 0 Å². The smallest absolute Gasteiger partial charge is 0.184 e. The highest BCUT2D eigenvalue weighted by Gasteiger charge is 2.51. The Hall–Kier alpha value is -0.240. The molecule has 0 aromatic heterocycles. The minimum atomic E-state index is -0.504. The number of rotatable bonds is 10. The van der Waals surface area contributed by atoms with Crippen LogP contribution in [0.5, 0.6) is 0 Å². The summed E-state index contributed by atoms with van der Waals surface area (Å²) in [5, 5.41) is 10.8. The summed E-state index contributed by atoms with van der Waals surface area (Å²) in [4.78, 5) is 0. The van der Waals surface area contributed by atoms with E-state index in [0.29, 0.717) is 41.9 Å². The molecule has 0 saturated carbocycles. The van der Waals surface area contributed by atoms with E-state index in [1.54, 1.807) is 0 Å². The second-order valence-corrected chi connectivity index (χ2v) is 14.2. The van der Waals surface area contributed by atoms with Crippen LogP contribution < -0.4 is 0 Å². The molecule has 0 amide bonds. The van der Waals surface area contributed by atoms with Gasteiger partial charge < -0.3 is 28.8 Å². The summed E-state index contributed by atoms with van der Waals surface area (Å²) in [5.74, 6) is 3.00. The SMILES string of the molecule is CC[C@@H](C)C1O[C@H](OC2[C@@H](C)[C@H](C)C([C@H](C)CC)O[C@@H]2C)C(O[C@H]2OC([C@H](O)CC)[C@@H](C)[C@H](C)C2C)[C@@H](C)[C@@H]1C. The van der Waals surface area contributed by atoms with Gasteiger partial charge in [-0.2, -0.15) is 0 Å². The summed E-state index contributed by atoms with van der Waals surface area (Å²) in [6.45, 7) is 29.1. The highest BCUT2D eigenvalue weighted by atomic mass is 16.7. The molecule has 6 heteroatoms.